The summed E-state index contributed by atoms with van der Waals surface area (Å²) in [6.45, 7) is 8.84. The van der Waals surface area contributed by atoms with Crippen LogP contribution < -0.4 is 5.32 Å². The first-order valence-electron chi connectivity index (χ1n) is 7.08. The predicted octanol–water partition coefficient (Wildman–Crippen LogP) is 3.36. The van der Waals surface area contributed by atoms with Gasteiger partial charge in [-0.3, -0.25) is 0 Å². The van der Waals surface area contributed by atoms with Crippen molar-refractivity contribution in [1.82, 2.24) is 5.32 Å². The third-order valence-electron chi connectivity index (χ3n) is 3.32. The van der Waals surface area contributed by atoms with E-state index in [1.165, 1.54) is 32.1 Å². The standard InChI is InChI=1S/C14H29NO/c1-4-13(11-15-10-12(2)3)16-14-8-6-5-7-9-14/h12-15H,4-11H2,1-3H3. The highest BCUT2D eigenvalue weighted by molar-refractivity contribution is 4.69. The van der Waals surface area contributed by atoms with E-state index in [9.17, 15) is 0 Å². The first-order chi connectivity index (χ1) is 7.72. The topological polar surface area (TPSA) is 21.3 Å². The highest BCUT2D eigenvalue weighted by Gasteiger charge is 2.17. The largest absolute Gasteiger partial charge is 0.374 e. The van der Waals surface area contributed by atoms with E-state index in [1.807, 2.05) is 0 Å². The van der Waals surface area contributed by atoms with E-state index in [0.29, 0.717) is 12.2 Å². The van der Waals surface area contributed by atoms with Crippen LogP contribution in [0.1, 0.15) is 59.3 Å². The highest BCUT2D eigenvalue weighted by Crippen LogP contribution is 2.21. The van der Waals surface area contributed by atoms with Crippen LogP contribution in [0.2, 0.25) is 0 Å². The Hall–Kier alpha value is -0.0800. The van der Waals surface area contributed by atoms with Crippen LogP contribution in [0.25, 0.3) is 0 Å². The average Bonchev–Trinajstić information content (AvgIpc) is 2.28. The van der Waals surface area contributed by atoms with Crippen molar-refractivity contribution >= 4 is 0 Å². The molecule has 0 aromatic rings. The molecule has 2 heteroatoms. The molecule has 0 spiro atoms. The van der Waals surface area contributed by atoms with Gasteiger partial charge in [0.15, 0.2) is 0 Å². The van der Waals surface area contributed by atoms with Crippen molar-refractivity contribution in [2.75, 3.05) is 13.1 Å². The minimum atomic E-state index is 0.418. The molecule has 0 aliphatic heterocycles. The molecule has 16 heavy (non-hydrogen) atoms. The van der Waals surface area contributed by atoms with Crippen LogP contribution in [-0.4, -0.2) is 25.3 Å². The smallest absolute Gasteiger partial charge is 0.0700 e. The molecular weight excluding hydrogens is 198 g/mol. The predicted molar refractivity (Wildman–Crippen MR) is 69.7 cm³/mol. The molecule has 1 aliphatic rings. The first kappa shape index (κ1) is 14.0. The minimum absolute atomic E-state index is 0.418. The van der Waals surface area contributed by atoms with Crippen LogP contribution >= 0.6 is 0 Å². The van der Waals surface area contributed by atoms with Crippen molar-refractivity contribution in [3.63, 3.8) is 0 Å². The second-order valence-electron chi connectivity index (χ2n) is 5.48. The Kier molecular flexibility index (Phi) is 7.06. The van der Waals surface area contributed by atoms with Crippen molar-refractivity contribution < 1.29 is 4.74 Å². The van der Waals surface area contributed by atoms with Gasteiger partial charge in [-0.15, -0.1) is 0 Å². The highest BCUT2D eigenvalue weighted by atomic mass is 16.5. The average molecular weight is 227 g/mol. The summed E-state index contributed by atoms with van der Waals surface area (Å²) in [6.07, 6.45) is 8.77. The van der Waals surface area contributed by atoms with Crippen molar-refractivity contribution in [2.24, 2.45) is 5.92 Å². The van der Waals surface area contributed by atoms with Gasteiger partial charge in [0.1, 0.15) is 0 Å². The maximum atomic E-state index is 6.16. The maximum Gasteiger partial charge on any atom is 0.0700 e. The number of nitrogens with one attached hydrogen (secondary N) is 1. The van der Waals surface area contributed by atoms with Gasteiger partial charge in [0.25, 0.3) is 0 Å². The lowest BCUT2D eigenvalue weighted by Gasteiger charge is -2.27. The molecule has 0 saturated heterocycles. The van der Waals surface area contributed by atoms with E-state index >= 15 is 0 Å². The van der Waals surface area contributed by atoms with Gasteiger partial charge in [-0.25, -0.2) is 0 Å². The van der Waals surface area contributed by atoms with Crippen molar-refractivity contribution in [3.8, 4) is 0 Å². The fourth-order valence-electron chi connectivity index (χ4n) is 2.30. The molecule has 1 rings (SSSR count). The summed E-state index contributed by atoms with van der Waals surface area (Å²) in [5.74, 6) is 0.729. The molecule has 2 nitrogen and oxygen atoms in total. The summed E-state index contributed by atoms with van der Waals surface area (Å²) in [5, 5.41) is 3.50. The minimum Gasteiger partial charge on any atom is -0.374 e. The zero-order chi connectivity index (χ0) is 11.8. The molecule has 0 aromatic carbocycles. The van der Waals surface area contributed by atoms with E-state index in [1.54, 1.807) is 0 Å². The van der Waals surface area contributed by atoms with E-state index in [-0.39, 0.29) is 0 Å². The molecule has 1 atom stereocenters. The summed E-state index contributed by atoms with van der Waals surface area (Å²) < 4.78 is 6.16. The quantitative estimate of drug-likeness (QED) is 0.720. The van der Waals surface area contributed by atoms with Crippen molar-refractivity contribution in [2.45, 2.75) is 71.5 Å². The Balaban J connectivity index is 2.14. The molecule has 1 unspecified atom stereocenters. The summed E-state index contributed by atoms with van der Waals surface area (Å²) in [4.78, 5) is 0. The van der Waals surface area contributed by atoms with Gasteiger partial charge in [-0.1, -0.05) is 40.0 Å². The molecule has 96 valence electrons. The van der Waals surface area contributed by atoms with Crippen LogP contribution in [0.3, 0.4) is 0 Å². The van der Waals surface area contributed by atoms with Gasteiger partial charge in [-0.05, 0) is 31.7 Å². The lowest BCUT2D eigenvalue weighted by Crippen LogP contribution is -2.34. The third kappa shape index (κ3) is 5.86. The number of hydrogen-bond acceptors (Lipinski definition) is 2. The summed E-state index contributed by atoms with van der Waals surface area (Å²) in [6, 6.07) is 0. The molecule has 1 saturated carbocycles. The van der Waals surface area contributed by atoms with E-state index < -0.39 is 0 Å². The van der Waals surface area contributed by atoms with Crippen LogP contribution in [0, 0.1) is 5.92 Å². The molecule has 0 amide bonds. The summed E-state index contributed by atoms with van der Waals surface area (Å²) in [5.41, 5.74) is 0. The van der Waals surface area contributed by atoms with Gasteiger partial charge < -0.3 is 10.1 Å². The van der Waals surface area contributed by atoms with Crippen LogP contribution in [0.15, 0.2) is 0 Å². The fourth-order valence-corrected chi connectivity index (χ4v) is 2.30. The zero-order valence-electron chi connectivity index (χ0n) is 11.3. The Labute approximate surface area is 101 Å². The zero-order valence-corrected chi connectivity index (χ0v) is 11.3. The molecule has 1 N–H and O–H groups in total. The van der Waals surface area contributed by atoms with Crippen LogP contribution in [0.5, 0.6) is 0 Å². The van der Waals surface area contributed by atoms with Crippen LogP contribution in [0.4, 0.5) is 0 Å². The van der Waals surface area contributed by atoms with Gasteiger partial charge in [0, 0.05) is 6.54 Å². The second kappa shape index (κ2) is 8.08. The van der Waals surface area contributed by atoms with E-state index in [0.717, 1.165) is 25.4 Å². The Morgan fingerprint density at radius 2 is 1.81 bits per heavy atom. The molecular formula is C14H29NO. The van der Waals surface area contributed by atoms with Gasteiger partial charge in [0.05, 0.1) is 12.2 Å². The molecule has 1 fully saturated rings. The lowest BCUT2D eigenvalue weighted by atomic mass is 9.97. The molecule has 0 bridgehead atoms. The van der Waals surface area contributed by atoms with E-state index in [2.05, 4.69) is 26.1 Å². The molecule has 0 heterocycles. The van der Waals surface area contributed by atoms with Crippen molar-refractivity contribution in [1.29, 1.82) is 0 Å². The fraction of sp³-hybridized carbons (Fsp3) is 1.00. The maximum absolute atomic E-state index is 6.16. The SMILES string of the molecule is CCC(CNCC(C)C)OC1CCCCC1. The monoisotopic (exact) mass is 227 g/mol. The Bertz CT molecular complexity index is 164. The summed E-state index contributed by atoms with van der Waals surface area (Å²) in [7, 11) is 0. The van der Waals surface area contributed by atoms with E-state index in [4.69, 9.17) is 4.74 Å². The normalized spacial score (nSPS) is 20.2. The molecule has 1 aliphatic carbocycles. The number of ether oxygens (including phenoxy) is 1. The lowest BCUT2D eigenvalue weighted by molar-refractivity contribution is -0.0303. The Morgan fingerprint density at radius 1 is 1.12 bits per heavy atom. The van der Waals surface area contributed by atoms with Gasteiger partial charge >= 0.3 is 0 Å². The van der Waals surface area contributed by atoms with Crippen LogP contribution in [-0.2, 0) is 4.74 Å². The van der Waals surface area contributed by atoms with Gasteiger partial charge in [0.2, 0.25) is 0 Å². The van der Waals surface area contributed by atoms with Gasteiger partial charge in [-0.2, -0.15) is 0 Å². The Morgan fingerprint density at radius 3 is 2.38 bits per heavy atom. The molecule has 0 radical (unpaired) electrons. The number of rotatable bonds is 7. The second-order valence-corrected chi connectivity index (χ2v) is 5.48. The number of hydrogen-bond donors (Lipinski definition) is 1. The van der Waals surface area contributed by atoms with Crippen molar-refractivity contribution in [3.05, 3.63) is 0 Å². The third-order valence-corrected chi connectivity index (χ3v) is 3.32. The summed E-state index contributed by atoms with van der Waals surface area (Å²) >= 11 is 0. The first-order valence-corrected chi connectivity index (χ1v) is 7.08. The molecule has 0 aromatic heterocycles.